The first-order valence-electron chi connectivity index (χ1n) is 16.6. The van der Waals surface area contributed by atoms with Crippen molar-refractivity contribution in [2.75, 3.05) is 11.5 Å². The van der Waals surface area contributed by atoms with E-state index in [9.17, 15) is 19.8 Å². The van der Waals surface area contributed by atoms with Gasteiger partial charge in [-0.25, -0.2) is 0 Å². The molecule has 9 heteroatoms. The van der Waals surface area contributed by atoms with Gasteiger partial charge >= 0.3 is 5.16 Å². The Balaban J connectivity index is 1.64. The van der Waals surface area contributed by atoms with Crippen LogP contribution in [0.3, 0.4) is 0 Å². The van der Waals surface area contributed by atoms with Crippen molar-refractivity contribution in [1.29, 1.82) is 0 Å². The second-order valence-corrected chi connectivity index (χ2v) is 18.7. The highest BCUT2D eigenvalue weighted by Gasteiger charge is 2.31. The number of phenols is 2. The van der Waals surface area contributed by atoms with Gasteiger partial charge in [0.1, 0.15) is 17.2 Å². The van der Waals surface area contributed by atoms with Gasteiger partial charge < -0.3 is 10.2 Å². The molecule has 3 aromatic carbocycles. The monoisotopic (exact) mass is 702 g/mol. The third kappa shape index (κ3) is 8.79. The first-order chi connectivity index (χ1) is 22.5. The van der Waals surface area contributed by atoms with Gasteiger partial charge in [0.25, 0.3) is 5.16 Å². The highest BCUT2D eigenvalue weighted by atomic mass is 32.2. The molecule has 0 saturated heterocycles. The van der Waals surface area contributed by atoms with E-state index in [0.717, 1.165) is 27.9 Å². The summed E-state index contributed by atoms with van der Waals surface area (Å²) in [6, 6.07) is 17.0. The predicted molar refractivity (Wildman–Crippen MR) is 201 cm³/mol. The number of nitrogens with one attached hydrogen (secondary N) is 1. The smallest absolute Gasteiger partial charge is 0.342 e. The maximum absolute atomic E-state index is 13.7. The number of Topliss-reactive ketones (excluding diaryl/α,β-unsaturated/α-hetero) is 2. The fourth-order valence-corrected chi connectivity index (χ4v) is 7.38. The van der Waals surface area contributed by atoms with E-state index in [1.807, 2.05) is 142 Å². The summed E-state index contributed by atoms with van der Waals surface area (Å²) < 4.78 is 1.94. The number of hydrogen-bond acceptors (Lipinski definition) is 7. The van der Waals surface area contributed by atoms with Crippen molar-refractivity contribution < 1.29 is 24.4 Å². The Kier molecular flexibility index (Phi) is 10.9. The average Bonchev–Trinajstić information content (AvgIpc) is 3.39. The van der Waals surface area contributed by atoms with Crippen molar-refractivity contribution in [2.24, 2.45) is 0 Å². The Morgan fingerprint density at radius 2 is 1.00 bits per heavy atom. The molecule has 7 nitrogen and oxygen atoms in total. The van der Waals surface area contributed by atoms with Gasteiger partial charge in [0, 0.05) is 33.4 Å². The van der Waals surface area contributed by atoms with Crippen LogP contribution < -0.4 is 4.57 Å². The molecule has 0 aliphatic rings. The van der Waals surface area contributed by atoms with Crippen molar-refractivity contribution in [3.05, 3.63) is 88.0 Å². The van der Waals surface area contributed by atoms with Gasteiger partial charge in [-0.3, -0.25) is 9.59 Å². The maximum Gasteiger partial charge on any atom is 0.342 e. The summed E-state index contributed by atoms with van der Waals surface area (Å²) >= 11 is 2.67. The first-order valence-corrected chi connectivity index (χ1v) is 18.6. The third-order valence-electron chi connectivity index (χ3n) is 8.42. The van der Waals surface area contributed by atoms with Crippen LogP contribution in [0.25, 0.3) is 5.69 Å². The number of H-pyrrole nitrogens is 1. The lowest BCUT2D eigenvalue weighted by Crippen LogP contribution is -2.34. The van der Waals surface area contributed by atoms with Gasteiger partial charge in [-0.2, -0.15) is 4.57 Å². The van der Waals surface area contributed by atoms with Gasteiger partial charge in [-0.15, -0.1) is 5.10 Å². The van der Waals surface area contributed by atoms with Crippen LogP contribution in [0.15, 0.2) is 64.9 Å². The van der Waals surface area contributed by atoms with E-state index in [2.05, 4.69) is 10.2 Å². The van der Waals surface area contributed by atoms with Crippen molar-refractivity contribution in [1.82, 2.24) is 10.2 Å². The number of hydrogen-bond donors (Lipinski definition) is 3. The quantitative estimate of drug-likeness (QED) is 0.0907. The van der Waals surface area contributed by atoms with E-state index in [1.54, 1.807) is 0 Å². The molecule has 0 bridgehead atoms. The fraction of sp³-hybridized carbons (Fsp3) is 0.450. The molecule has 0 spiro atoms. The summed E-state index contributed by atoms with van der Waals surface area (Å²) in [6.45, 7) is 24.4. The highest BCUT2D eigenvalue weighted by molar-refractivity contribution is 8.00. The second kappa shape index (κ2) is 14.0. The number of para-hydroxylation sites is 1. The zero-order chi connectivity index (χ0) is 36.7. The van der Waals surface area contributed by atoms with Crippen molar-refractivity contribution >= 4 is 35.1 Å². The summed E-state index contributed by atoms with van der Waals surface area (Å²) in [5.74, 6) is 0.644. The van der Waals surface area contributed by atoms with Crippen LogP contribution in [0.4, 0.5) is 0 Å². The number of rotatable bonds is 9. The molecular formula is C40H52N3O4S2+. The Bertz CT molecular complexity index is 1670. The zero-order valence-electron chi connectivity index (χ0n) is 31.0. The summed E-state index contributed by atoms with van der Waals surface area (Å²) in [7, 11) is 0. The van der Waals surface area contributed by atoms with E-state index in [4.69, 9.17) is 0 Å². The average molecular weight is 703 g/mol. The molecule has 0 radical (unpaired) electrons. The van der Waals surface area contributed by atoms with Crippen LogP contribution in [0.1, 0.15) is 126 Å². The summed E-state index contributed by atoms with van der Waals surface area (Å²) in [5.41, 5.74) is 3.55. The van der Waals surface area contributed by atoms with Gasteiger partial charge in [0.15, 0.2) is 11.6 Å². The minimum absolute atomic E-state index is 0.0590. The Morgan fingerprint density at radius 1 is 0.633 bits per heavy atom. The number of carbonyl (C=O) groups is 2. The molecule has 3 N–H and O–H groups in total. The number of ketones is 2. The summed E-state index contributed by atoms with van der Waals surface area (Å²) in [5, 5.41) is 31.2. The Labute approximate surface area is 300 Å². The van der Waals surface area contributed by atoms with Gasteiger partial charge in [0.05, 0.1) is 16.6 Å². The van der Waals surface area contributed by atoms with Crippen molar-refractivity contribution in [3.8, 4) is 17.2 Å². The number of carbonyl (C=O) groups excluding carboxylic acids is 2. The van der Waals surface area contributed by atoms with Crippen molar-refractivity contribution in [2.45, 2.75) is 115 Å². The fourth-order valence-electron chi connectivity index (χ4n) is 5.59. The second-order valence-electron chi connectivity index (χ2n) is 16.7. The molecule has 0 amide bonds. The number of thioether (sulfide) groups is 2. The van der Waals surface area contributed by atoms with Crippen LogP contribution in [0.5, 0.6) is 11.5 Å². The standard InChI is InChI=1S/C40H51N3O4S2/c1-37(2,3)27-18-24(19-28(33(27)46)38(4,5)6)31(44)22-48-35-41-42-36(43(35)26-16-14-13-15-17-26)49-23-32(45)25-20-29(39(7,8)9)34(47)30(21-25)40(10,11)12/h13-21H,22-23H2,1-12H3,(H2,44,45,46,47)/p+1. The number of phenolic OH excluding ortho intramolecular Hbond substituents is 2. The lowest BCUT2D eigenvalue weighted by molar-refractivity contribution is -0.674. The van der Waals surface area contributed by atoms with Crippen molar-refractivity contribution in [3.63, 3.8) is 0 Å². The number of benzene rings is 3. The predicted octanol–water partition coefficient (Wildman–Crippen LogP) is 9.24. The number of aromatic nitrogens is 3. The van der Waals surface area contributed by atoms with E-state index in [0.29, 0.717) is 21.4 Å². The van der Waals surface area contributed by atoms with Crippen LogP contribution in [-0.4, -0.2) is 43.5 Å². The van der Waals surface area contributed by atoms with Gasteiger partial charge in [0.2, 0.25) is 0 Å². The van der Waals surface area contributed by atoms with Crippen LogP contribution >= 0.6 is 23.5 Å². The lowest BCUT2D eigenvalue weighted by Gasteiger charge is -2.28. The maximum atomic E-state index is 13.7. The first kappa shape index (κ1) is 38.2. The number of aromatic amines is 1. The summed E-state index contributed by atoms with van der Waals surface area (Å²) in [4.78, 5) is 27.4. The van der Waals surface area contributed by atoms with Gasteiger partial charge in [-0.05, 0) is 81.6 Å². The molecule has 262 valence electrons. The molecule has 0 aliphatic heterocycles. The lowest BCUT2D eigenvalue weighted by atomic mass is 9.78. The minimum atomic E-state index is -0.349. The van der Waals surface area contributed by atoms with E-state index >= 15 is 0 Å². The Morgan fingerprint density at radius 3 is 1.37 bits per heavy atom. The van der Waals surface area contributed by atoms with E-state index in [-0.39, 0.29) is 56.2 Å². The number of aromatic hydroxyl groups is 2. The van der Waals surface area contributed by atoms with Crippen LogP contribution in [0.2, 0.25) is 0 Å². The van der Waals surface area contributed by atoms with Crippen LogP contribution in [0, 0.1) is 0 Å². The molecule has 0 fully saturated rings. The van der Waals surface area contributed by atoms with E-state index < -0.39 is 0 Å². The molecule has 4 aromatic rings. The highest BCUT2D eigenvalue weighted by Crippen LogP contribution is 2.41. The normalized spacial score (nSPS) is 12.7. The molecule has 0 saturated carbocycles. The molecule has 4 rings (SSSR count). The molecule has 0 aliphatic carbocycles. The zero-order valence-corrected chi connectivity index (χ0v) is 32.7. The van der Waals surface area contributed by atoms with Crippen LogP contribution in [-0.2, 0) is 21.7 Å². The minimum Gasteiger partial charge on any atom is -0.507 e. The largest absolute Gasteiger partial charge is 0.507 e. The molecular weight excluding hydrogens is 651 g/mol. The third-order valence-corrected chi connectivity index (χ3v) is 10.3. The van der Waals surface area contributed by atoms with Gasteiger partial charge in [-0.1, -0.05) is 101 Å². The molecule has 49 heavy (non-hydrogen) atoms. The van der Waals surface area contributed by atoms with E-state index in [1.165, 1.54) is 23.5 Å². The Hall–Kier alpha value is -3.56. The molecule has 0 atom stereocenters. The molecule has 1 aromatic heterocycles. The summed E-state index contributed by atoms with van der Waals surface area (Å²) in [6.07, 6.45) is 0. The number of nitrogens with zero attached hydrogens (tertiary/aromatic N) is 2. The molecule has 1 heterocycles. The topological polar surface area (TPSA) is 107 Å². The SMILES string of the molecule is CC(C)(C)c1cc(C(=O)CSc2n[nH]c(SCC(=O)c3cc(C(C)(C)C)c(O)c(C(C)(C)C)c3)[n+]2-c2ccccc2)cc(C(C)(C)C)c1O. The molecule has 0 unspecified atom stereocenters.